The summed E-state index contributed by atoms with van der Waals surface area (Å²) in [7, 11) is 0. The van der Waals surface area contributed by atoms with Crippen molar-refractivity contribution in [3.8, 4) is 0 Å². The smallest absolute Gasteiger partial charge is 0.132 e. The summed E-state index contributed by atoms with van der Waals surface area (Å²) in [6.07, 6.45) is 5.27. The first kappa shape index (κ1) is 10.5. The van der Waals surface area contributed by atoms with E-state index in [-0.39, 0.29) is 0 Å². The lowest BCUT2D eigenvalue weighted by atomic mass is 9.82. The van der Waals surface area contributed by atoms with Gasteiger partial charge in [0.25, 0.3) is 0 Å². The van der Waals surface area contributed by atoms with Crippen LogP contribution in [0.3, 0.4) is 0 Å². The van der Waals surface area contributed by atoms with Crippen LogP contribution >= 0.6 is 0 Å². The average Bonchev–Trinajstić information content (AvgIpc) is 2.39. The van der Waals surface area contributed by atoms with E-state index in [9.17, 15) is 4.79 Å². The summed E-state index contributed by atoms with van der Waals surface area (Å²) in [6, 6.07) is 10.4. The van der Waals surface area contributed by atoms with Gasteiger partial charge in [0.15, 0.2) is 0 Å². The Bertz CT molecular complexity index is 546. The van der Waals surface area contributed by atoms with Gasteiger partial charge in [-0.3, -0.25) is 9.78 Å². The van der Waals surface area contributed by atoms with E-state index in [0.29, 0.717) is 11.7 Å². The maximum absolute atomic E-state index is 11.3. The fourth-order valence-electron chi connectivity index (χ4n) is 2.71. The Kier molecular flexibility index (Phi) is 2.63. The van der Waals surface area contributed by atoms with Gasteiger partial charge in [-0.05, 0) is 30.4 Å². The zero-order valence-electron chi connectivity index (χ0n) is 9.73. The summed E-state index contributed by atoms with van der Waals surface area (Å²) >= 11 is 0. The van der Waals surface area contributed by atoms with E-state index >= 15 is 0 Å². The van der Waals surface area contributed by atoms with Crippen LogP contribution in [0.4, 0.5) is 0 Å². The van der Waals surface area contributed by atoms with Crippen molar-refractivity contribution in [2.24, 2.45) is 0 Å². The van der Waals surface area contributed by atoms with Gasteiger partial charge in [-0.1, -0.05) is 24.3 Å². The van der Waals surface area contributed by atoms with Crippen LogP contribution in [0.2, 0.25) is 0 Å². The van der Waals surface area contributed by atoms with Crippen LogP contribution in [-0.2, 0) is 4.79 Å². The van der Waals surface area contributed by atoms with Crippen molar-refractivity contribution in [3.63, 3.8) is 0 Å². The second-order valence-electron chi connectivity index (χ2n) is 4.74. The third kappa shape index (κ3) is 1.95. The molecule has 1 aromatic carbocycles. The van der Waals surface area contributed by atoms with Gasteiger partial charge in [0.2, 0.25) is 0 Å². The molecule has 0 bridgehead atoms. The number of pyridine rings is 1. The topological polar surface area (TPSA) is 30.0 Å². The minimum atomic E-state index is 0.412. The molecule has 0 atom stereocenters. The monoisotopic (exact) mass is 225 g/mol. The number of hydrogen-bond donors (Lipinski definition) is 0. The number of carbonyl (C=O) groups is 1. The molecule has 1 fully saturated rings. The second kappa shape index (κ2) is 4.28. The molecule has 86 valence electrons. The highest BCUT2D eigenvalue weighted by atomic mass is 16.1. The summed E-state index contributed by atoms with van der Waals surface area (Å²) in [5.41, 5.74) is 2.42. The van der Waals surface area contributed by atoms with Crippen molar-refractivity contribution in [3.05, 3.63) is 42.1 Å². The Morgan fingerprint density at radius 3 is 2.65 bits per heavy atom. The van der Waals surface area contributed by atoms with E-state index in [2.05, 4.69) is 29.2 Å². The molecule has 0 radical (unpaired) electrons. The molecule has 1 saturated carbocycles. The van der Waals surface area contributed by atoms with Crippen LogP contribution in [-0.4, -0.2) is 10.8 Å². The minimum Gasteiger partial charge on any atom is -0.300 e. The molecule has 2 heteroatoms. The molecule has 1 aliphatic rings. The molecule has 1 heterocycles. The van der Waals surface area contributed by atoms with Crippen molar-refractivity contribution in [2.75, 3.05) is 0 Å². The van der Waals surface area contributed by atoms with Crippen LogP contribution in [0.25, 0.3) is 10.9 Å². The van der Waals surface area contributed by atoms with Gasteiger partial charge in [-0.15, -0.1) is 0 Å². The zero-order valence-corrected chi connectivity index (χ0v) is 9.73. The number of fused-ring (bicyclic) bond motifs is 1. The maximum atomic E-state index is 11.3. The molecule has 1 aliphatic carbocycles. The highest BCUT2D eigenvalue weighted by Gasteiger charge is 2.21. The zero-order chi connectivity index (χ0) is 11.7. The molecule has 0 amide bonds. The van der Waals surface area contributed by atoms with Crippen LogP contribution in [0, 0.1) is 0 Å². The molecular formula is C15H15NO. The van der Waals surface area contributed by atoms with Gasteiger partial charge >= 0.3 is 0 Å². The Labute approximate surface area is 101 Å². The van der Waals surface area contributed by atoms with Crippen LogP contribution in [0.15, 0.2) is 36.5 Å². The van der Waals surface area contributed by atoms with Crippen molar-refractivity contribution in [2.45, 2.75) is 31.6 Å². The van der Waals surface area contributed by atoms with E-state index in [4.69, 9.17) is 0 Å². The first-order valence-electron chi connectivity index (χ1n) is 6.20. The number of Topliss-reactive ketones (excluding diaryl/α,β-unsaturated/α-hetero) is 1. The highest BCUT2D eigenvalue weighted by molar-refractivity contribution is 5.83. The molecule has 0 aliphatic heterocycles. The van der Waals surface area contributed by atoms with Gasteiger partial charge in [-0.2, -0.15) is 0 Å². The van der Waals surface area contributed by atoms with Crippen molar-refractivity contribution < 1.29 is 4.79 Å². The highest BCUT2D eigenvalue weighted by Crippen LogP contribution is 2.34. The second-order valence-corrected chi connectivity index (χ2v) is 4.74. The number of ketones is 1. The number of carbonyl (C=O) groups excluding carboxylic acids is 1. The number of para-hydroxylation sites is 1. The number of nitrogens with zero attached hydrogens (tertiary/aromatic N) is 1. The van der Waals surface area contributed by atoms with E-state index in [1.807, 2.05) is 12.3 Å². The first-order valence-corrected chi connectivity index (χ1v) is 6.20. The predicted molar refractivity (Wildman–Crippen MR) is 68.0 cm³/mol. The SMILES string of the molecule is O=C1CCC(c2cccc3cccnc23)CC1. The molecule has 2 nitrogen and oxygen atoms in total. The number of aromatic nitrogens is 1. The number of hydrogen-bond acceptors (Lipinski definition) is 2. The third-order valence-corrected chi connectivity index (χ3v) is 3.65. The molecule has 1 aromatic heterocycles. The van der Waals surface area contributed by atoms with Gasteiger partial charge in [-0.25, -0.2) is 0 Å². The molecule has 0 spiro atoms. The summed E-state index contributed by atoms with van der Waals surface area (Å²) in [5.74, 6) is 0.917. The molecule has 2 aromatic rings. The maximum Gasteiger partial charge on any atom is 0.132 e. The van der Waals surface area contributed by atoms with Crippen molar-refractivity contribution in [1.29, 1.82) is 0 Å². The van der Waals surface area contributed by atoms with Gasteiger partial charge in [0, 0.05) is 24.4 Å². The van der Waals surface area contributed by atoms with E-state index in [1.165, 1.54) is 10.9 Å². The third-order valence-electron chi connectivity index (χ3n) is 3.65. The van der Waals surface area contributed by atoms with Gasteiger partial charge < -0.3 is 0 Å². The Balaban J connectivity index is 2.02. The standard InChI is InChI=1S/C15H15NO/c17-13-8-6-11(7-9-13)14-5-1-3-12-4-2-10-16-15(12)14/h1-5,10-11H,6-9H2. The fraction of sp³-hybridized carbons (Fsp3) is 0.333. The molecule has 17 heavy (non-hydrogen) atoms. The molecule has 0 unspecified atom stereocenters. The fourth-order valence-corrected chi connectivity index (χ4v) is 2.71. The lowest BCUT2D eigenvalue weighted by molar-refractivity contribution is -0.120. The van der Waals surface area contributed by atoms with Crippen LogP contribution < -0.4 is 0 Å². The van der Waals surface area contributed by atoms with Crippen molar-refractivity contribution >= 4 is 16.7 Å². The molecule has 0 saturated heterocycles. The van der Waals surface area contributed by atoms with Gasteiger partial charge in [0.1, 0.15) is 5.78 Å². The van der Waals surface area contributed by atoms with Gasteiger partial charge in [0.05, 0.1) is 5.52 Å². The van der Waals surface area contributed by atoms with E-state index in [0.717, 1.165) is 31.2 Å². The summed E-state index contributed by atoms with van der Waals surface area (Å²) in [4.78, 5) is 15.8. The predicted octanol–water partition coefficient (Wildman–Crippen LogP) is 3.46. The number of rotatable bonds is 1. The lowest BCUT2D eigenvalue weighted by Gasteiger charge is -2.22. The Hall–Kier alpha value is -1.70. The van der Waals surface area contributed by atoms with Crippen LogP contribution in [0.1, 0.15) is 37.2 Å². The Morgan fingerprint density at radius 1 is 1.06 bits per heavy atom. The van der Waals surface area contributed by atoms with Crippen molar-refractivity contribution in [1.82, 2.24) is 4.98 Å². The Morgan fingerprint density at radius 2 is 1.82 bits per heavy atom. The van der Waals surface area contributed by atoms with Crippen LogP contribution in [0.5, 0.6) is 0 Å². The molecular weight excluding hydrogens is 210 g/mol. The van der Waals surface area contributed by atoms with E-state index < -0.39 is 0 Å². The van der Waals surface area contributed by atoms with E-state index in [1.54, 1.807) is 0 Å². The summed E-state index contributed by atoms with van der Waals surface area (Å²) < 4.78 is 0. The first-order chi connectivity index (χ1) is 8.34. The number of benzene rings is 1. The summed E-state index contributed by atoms with van der Waals surface area (Å²) in [6.45, 7) is 0. The summed E-state index contributed by atoms with van der Waals surface area (Å²) in [5, 5.41) is 1.20. The molecule has 3 rings (SSSR count). The minimum absolute atomic E-state index is 0.412. The average molecular weight is 225 g/mol. The lowest BCUT2D eigenvalue weighted by Crippen LogP contribution is -2.12. The normalized spacial score (nSPS) is 17.5. The largest absolute Gasteiger partial charge is 0.300 e. The molecule has 0 N–H and O–H groups in total. The quantitative estimate of drug-likeness (QED) is 0.744.